The number of anilines is 1. The summed E-state index contributed by atoms with van der Waals surface area (Å²) in [5.74, 6) is 0. The van der Waals surface area contributed by atoms with Gasteiger partial charge in [0.25, 0.3) is 0 Å². The summed E-state index contributed by atoms with van der Waals surface area (Å²) in [6.07, 6.45) is 5.87. The number of hydrogen-bond donors (Lipinski definition) is 2. The molecule has 1 fully saturated rings. The van der Waals surface area contributed by atoms with Crippen LogP contribution in [0.3, 0.4) is 0 Å². The summed E-state index contributed by atoms with van der Waals surface area (Å²) in [5, 5.41) is 13.5. The highest BCUT2D eigenvalue weighted by Gasteiger charge is 2.19. The van der Waals surface area contributed by atoms with Crippen LogP contribution in [0, 0.1) is 0 Å². The lowest BCUT2D eigenvalue weighted by atomic mass is 10.0. The quantitative estimate of drug-likeness (QED) is 0.882. The van der Waals surface area contributed by atoms with Crippen LogP contribution in [-0.4, -0.2) is 34.1 Å². The molecule has 0 radical (unpaired) electrons. The van der Waals surface area contributed by atoms with Crippen LogP contribution < -0.4 is 5.32 Å². The fraction of sp³-hybridized carbons (Fsp3) is 0.389. The van der Waals surface area contributed by atoms with Crippen molar-refractivity contribution < 1.29 is 5.11 Å². The number of benzene rings is 1. The minimum Gasteiger partial charge on any atom is -0.392 e. The molecule has 0 unspecified atom stereocenters. The second kappa shape index (κ2) is 7.77. The van der Waals surface area contributed by atoms with E-state index in [0.29, 0.717) is 11.1 Å². The zero-order chi connectivity index (χ0) is 16.1. The first-order chi connectivity index (χ1) is 11.2. The molecule has 0 aliphatic carbocycles. The number of likely N-dealkylation sites (tertiary alicyclic amines) is 1. The molecule has 2 N–H and O–H groups in total. The maximum atomic E-state index is 9.25. The topological polar surface area (TPSA) is 48.4 Å². The predicted molar refractivity (Wildman–Crippen MR) is 93.5 cm³/mol. The molecule has 1 aromatic carbocycles. The smallest absolute Gasteiger partial charge is 0.0682 e. The SMILES string of the molecule is OCc1ccc(Cl)c(NC2CCN(Cc3ccncc3)CC2)c1. The van der Waals surface area contributed by atoms with Crippen molar-refractivity contribution in [2.75, 3.05) is 18.4 Å². The van der Waals surface area contributed by atoms with E-state index in [-0.39, 0.29) is 6.61 Å². The summed E-state index contributed by atoms with van der Waals surface area (Å²) in [7, 11) is 0. The lowest BCUT2D eigenvalue weighted by Crippen LogP contribution is -2.38. The third-order valence-corrected chi connectivity index (χ3v) is 4.65. The molecule has 1 saturated heterocycles. The van der Waals surface area contributed by atoms with Gasteiger partial charge < -0.3 is 10.4 Å². The van der Waals surface area contributed by atoms with Crippen molar-refractivity contribution in [3.8, 4) is 0 Å². The minimum absolute atomic E-state index is 0.0379. The van der Waals surface area contributed by atoms with E-state index in [1.807, 2.05) is 30.6 Å². The van der Waals surface area contributed by atoms with Crippen LogP contribution in [0.4, 0.5) is 5.69 Å². The van der Waals surface area contributed by atoms with Crippen molar-refractivity contribution in [3.05, 3.63) is 58.9 Å². The van der Waals surface area contributed by atoms with Crippen LogP contribution >= 0.6 is 11.6 Å². The normalized spacial score (nSPS) is 16.4. The molecule has 23 heavy (non-hydrogen) atoms. The fourth-order valence-electron chi connectivity index (χ4n) is 2.98. The maximum Gasteiger partial charge on any atom is 0.0682 e. The molecular weight excluding hydrogens is 310 g/mol. The number of aliphatic hydroxyl groups excluding tert-OH is 1. The first kappa shape index (κ1) is 16.2. The molecule has 122 valence electrons. The second-order valence-electron chi connectivity index (χ2n) is 6.02. The summed E-state index contributed by atoms with van der Waals surface area (Å²) in [6.45, 7) is 3.15. The van der Waals surface area contributed by atoms with Crippen molar-refractivity contribution in [2.24, 2.45) is 0 Å². The summed E-state index contributed by atoms with van der Waals surface area (Å²) >= 11 is 6.25. The maximum absolute atomic E-state index is 9.25. The van der Waals surface area contributed by atoms with Crippen LogP contribution in [0.15, 0.2) is 42.7 Å². The Balaban J connectivity index is 1.53. The van der Waals surface area contributed by atoms with Crippen molar-refractivity contribution in [1.29, 1.82) is 0 Å². The lowest BCUT2D eigenvalue weighted by Gasteiger charge is -2.33. The summed E-state index contributed by atoms with van der Waals surface area (Å²) in [5.41, 5.74) is 3.11. The van der Waals surface area contributed by atoms with Gasteiger partial charge in [-0.1, -0.05) is 17.7 Å². The molecule has 1 aliphatic rings. The van der Waals surface area contributed by atoms with Crippen molar-refractivity contribution in [3.63, 3.8) is 0 Å². The first-order valence-electron chi connectivity index (χ1n) is 8.01. The summed E-state index contributed by atoms with van der Waals surface area (Å²) in [6, 6.07) is 10.2. The number of aliphatic hydroxyl groups is 1. The molecule has 3 rings (SSSR count). The van der Waals surface area contributed by atoms with E-state index in [1.165, 1.54) is 5.56 Å². The van der Waals surface area contributed by atoms with Crippen LogP contribution in [0.2, 0.25) is 5.02 Å². The third kappa shape index (κ3) is 4.44. The molecule has 2 heterocycles. The van der Waals surface area contributed by atoms with Crippen molar-refractivity contribution in [1.82, 2.24) is 9.88 Å². The number of rotatable bonds is 5. The van der Waals surface area contributed by atoms with Crippen molar-refractivity contribution >= 4 is 17.3 Å². The van der Waals surface area contributed by atoms with Gasteiger partial charge in [-0.25, -0.2) is 0 Å². The average molecular weight is 332 g/mol. The van der Waals surface area contributed by atoms with E-state index in [1.54, 1.807) is 0 Å². The van der Waals surface area contributed by atoms with E-state index >= 15 is 0 Å². The molecule has 2 aromatic rings. The van der Waals surface area contributed by atoms with Gasteiger partial charge in [-0.15, -0.1) is 0 Å². The molecular formula is C18H22ClN3O. The Bertz CT molecular complexity index is 627. The monoisotopic (exact) mass is 331 g/mol. The summed E-state index contributed by atoms with van der Waals surface area (Å²) in [4.78, 5) is 6.53. The zero-order valence-electron chi connectivity index (χ0n) is 13.1. The Kier molecular flexibility index (Phi) is 5.49. The number of piperidine rings is 1. The number of nitrogens with zero attached hydrogens (tertiary/aromatic N) is 2. The van der Waals surface area contributed by atoms with E-state index < -0.39 is 0 Å². The predicted octanol–water partition coefficient (Wildman–Crippen LogP) is 3.30. The first-order valence-corrected chi connectivity index (χ1v) is 8.39. The Morgan fingerprint density at radius 2 is 1.87 bits per heavy atom. The van der Waals surface area contributed by atoms with Crippen LogP contribution in [0.1, 0.15) is 24.0 Å². The Labute approximate surface area is 142 Å². The second-order valence-corrected chi connectivity index (χ2v) is 6.43. The fourth-order valence-corrected chi connectivity index (χ4v) is 3.16. The molecule has 0 spiro atoms. The molecule has 1 aliphatic heterocycles. The molecule has 0 atom stereocenters. The van der Waals surface area contributed by atoms with E-state index in [9.17, 15) is 5.11 Å². The van der Waals surface area contributed by atoms with Crippen LogP contribution in [0.5, 0.6) is 0 Å². The Hall–Kier alpha value is -1.62. The average Bonchev–Trinajstić information content (AvgIpc) is 2.59. The van der Waals surface area contributed by atoms with Gasteiger partial charge in [-0.3, -0.25) is 9.88 Å². The highest BCUT2D eigenvalue weighted by Crippen LogP contribution is 2.26. The van der Waals surface area contributed by atoms with Gasteiger partial charge >= 0.3 is 0 Å². The van der Waals surface area contributed by atoms with Crippen molar-refractivity contribution in [2.45, 2.75) is 32.0 Å². The highest BCUT2D eigenvalue weighted by molar-refractivity contribution is 6.33. The summed E-state index contributed by atoms with van der Waals surface area (Å²) < 4.78 is 0. The molecule has 0 amide bonds. The van der Waals surface area contributed by atoms with E-state index in [2.05, 4.69) is 27.3 Å². The van der Waals surface area contributed by atoms with Gasteiger partial charge in [0.15, 0.2) is 0 Å². The van der Waals surface area contributed by atoms with Gasteiger partial charge in [0.05, 0.1) is 17.3 Å². The minimum atomic E-state index is 0.0379. The van der Waals surface area contributed by atoms with Crippen LogP contribution in [-0.2, 0) is 13.2 Å². The number of pyridine rings is 1. The Morgan fingerprint density at radius 3 is 2.57 bits per heavy atom. The van der Waals surface area contributed by atoms with E-state index in [4.69, 9.17) is 11.6 Å². The third-order valence-electron chi connectivity index (χ3n) is 4.32. The molecule has 0 saturated carbocycles. The molecule has 1 aromatic heterocycles. The number of halogens is 1. The standard InChI is InChI=1S/C18H22ClN3O/c19-17-2-1-15(13-23)11-18(17)21-16-5-9-22(10-6-16)12-14-3-7-20-8-4-14/h1-4,7-8,11,16,21,23H,5-6,9-10,12-13H2. The zero-order valence-corrected chi connectivity index (χ0v) is 13.8. The van der Waals surface area contributed by atoms with Gasteiger partial charge in [0.1, 0.15) is 0 Å². The molecule has 5 heteroatoms. The van der Waals surface area contributed by atoms with E-state index in [0.717, 1.165) is 43.7 Å². The molecule has 0 bridgehead atoms. The van der Waals surface area contributed by atoms with Gasteiger partial charge in [0.2, 0.25) is 0 Å². The van der Waals surface area contributed by atoms with Crippen LogP contribution in [0.25, 0.3) is 0 Å². The van der Waals surface area contributed by atoms with Gasteiger partial charge in [0, 0.05) is 38.1 Å². The number of hydrogen-bond acceptors (Lipinski definition) is 4. The molecule has 4 nitrogen and oxygen atoms in total. The number of nitrogens with one attached hydrogen (secondary N) is 1. The number of aromatic nitrogens is 1. The lowest BCUT2D eigenvalue weighted by molar-refractivity contribution is 0.211. The largest absolute Gasteiger partial charge is 0.392 e. The van der Waals surface area contributed by atoms with Gasteiger partial charge in [-0.05, 0) is 48.2 Å². The van der Waals surface area contributed by atoms with Gasteiger partial charge in [-0.2, -0.15) is 0 Å². The Morgan fingerprint density at radius 1 is 1.13 bits per heavy atom. The highest BCUT2D eigenvalue weighted by atomic mass is 35.5.